The van der Waals surface area contributed by atoms with Gasteiger partial charge in [-0.15, -0.1) is 11.3 Å². The number of nitrogens with one attached hydrogen (secondary N) is 1. The Balaban J connectivity index is 1.97. The topological polar surface area (TPSA) is 114 Å². The molecule has 0 aliphatic rings. The molecular formula is C18H19ClN4O4S2. The van der Waals surface area contributed by atoms with Crippen LogP contribution in [0.25, 0.3) is 11.1 Å². The van der Waals surface area contributed by atoms with E-state index < -0.39 is 16.1 Å². The van der Waals surface area contributed by atoms with Crippen molar-refractivity contribution in [3.05, 3.63) is 52.6 Å². The summed E-state index contributed by atoms with van der Waals surface area (Å²) in [5.74, 6) is 0.324. The number of hydrogen-bond acceptors (Lipinski definition) is 6. The standard InChI is InChI=1S/C18H19ClN4O4S2/c1-11(2)7-14-8-15(16(28-14)29(26,27)22-18(24)25)12-3-4-13(21-9-12)10-23-6-5-20-17(23)19/h3-6,8-9,11,22H,7,10H2,1-2H3,(H,24,25). The summed E-state index contributed by atoms with van der Waals surface area (Å²) in [6.07, 6.45) is 3.95. The molecule has 1 amide bonds. The lowest BCUT2D eigenvalue weighted by Gasteiger charge is -2.07. The van der Waals surface area contributed by atoms with Crippen LogP contribution >= 0.6 is 22.9 Å². The number of hydrogen-bond donors (Lipinski definition) is 2. The molecular weight excluding hydrogens is 436 g/mol. The summed E-state index contributed by atoms with van der Waals surface area (Å²) in [4.78, 5) is 20.1. The Labute approximate surface area is 177 Å². The Morgan fingerprint density at radius 3 is 2.66 bits per heavy atom. The number of carboxylic acid groups (broad SMARTS) is 1. The van der Waals surface area contributed by atoms with Crippen molar-refractivity contribution < 1.29 is 18.3 Å². The number of pyridine rings is 1. The second-order valence-corrected chi connectivity index (χ2v) is 10.1. The molecule has 11 heteroatoms. The van der Waals surface area contributed by atoms with Gasteiger partial charge in [0.15, 0.2) is 0 Å². The van der Waals surface area contributed by atoms with Crippen molar-refractivity contribution in [2.75, 3.05) is 0 Å². The normalized spacial score (nSPS) is 11.7. The molecule has 0 unspecified atom stereocenters. The molecule has 0 aliphatic carbocycles. The first-order chi connectivity index (χ1) is 13.7. The van der Waals surface area contributed by atoms with Crippen molar-refractivity contribution in [2.24, 2.45) is 5.92 Å². The number of amides is 1. The Bertz CT molecular complexity index is 1120. The molecule has 0 atom stereocenters. The van der Waals surface area contributed by atoms with E-state index in [1.54, 1.807) is 46.1 Å². The zero-order valence-electron chi connectivity index (χ0n) is 15.7. The van der Waals surface area contributed by atoms with Gasteiger partial charge in [-0.3, -0.25) is 4.98 Å². The van der Waals surface area contributed by atoms with Crippen LogP contribution in [0.2, 0.25) is 5.28 Å². The first-order valence-corrected chi connectivity index (χ1v) is 11.3. The molecule has 8 nitrogen and oxygen atoms in total. The summed E-state index contributed by atoms with van der Waals surface area (Å²) >= 11 is 7.05. The molecule has 3 aromatic rings. The Hall–Kier alpha value is -2.43. The molecule has 0 radical (unpaired) electrons. The molecule has 0 aliphatic heterocycles. The predicted octanol–water partition coefficient (Wildman–Crippen LogP) is 3.86. The van der Waals surface area contributed by atoms with Crippen LogP contribution in [0.4, 0.5) is 4.79 Å². The highest BCUT2D eigenvalue weighted by Gasteiger charge is 2.25. The quantitative estimate of drug-likeness (QED) is 0.560. The van der Waals surface area contributed by atoms with Gasteiger partial charge in [-0.1, -0.05) is 19.9 Å². The van der Waals surface area contributed by atoms with Crippen LogP contribution in [0, 0.1) is 5.92 Å². The van der Waals surface area contributed by atoms with Gasteiger partial charge in [-0.2, -0.15) is 0 Å². The fourth-order valence-electron chi connectivity index (χ4n) is 2.77. The highest BCUT2D eigenvalue weighted by molar-refractivity contribution is 7.92. The minimum absolute atomic E-state index is 0.0391. The smallest absolute Gasteiger partial charge is 0.418 e. The fourth-order valence-corrected chi connectivity index (χ4v) is 5.73. The van der Waals surface area contributed by atoms with Gasteiger partial charge in [0.25, 0.3) is 10.0 Å². The molecule has 0 aromatic carbocycles. The van der Waals surface area contributed by atoms with Crippen molar-refractivity contribution in [1.82, 2.24) is 19.3 Å². The van der Waals surface area contributed by atoms with Gasteiger partial charge in [0.05, 0.1) is 12.2 Å². The monoisotopic (exact) mass is 454 g/mol. The molecule has 3 rings (SSSR count). The number of aromatic nitrogens is 3. The van der Waals surface area contributed by atoms with Gasteiger partial charge < -0.3 is 9.67 Å². The van der Waals surface area contributed by atoms with Crippen molar-refractivity contribution in [1.29, 1.82) is 0 Å². The summed E-state index contributed by atoms with van der Waals surface area (Å²) in [5.41, 5.74) is 1.74. The van der Waals surface area contributed by atoms with E-state index in [2.05, 4.69) is 9.97 Å². The van der Waals surface area contributed by atoms with Crippen LogP contribution in [-0.2, 0) is 23.0 Å². The number of rotatable bonds is 7. The van der Waals surface area contributed by atoms with Crippen molar-refractivity contribution in [2.45, 2.75) is 31.0 Å². The maximum atomic E-state index is 12.5. The van der Waals surface area contributed by atoms with Crippen LogP contribution in [0.5, 0.6) is 0 Å². The third-order valence-corrected chi connectivity index (χ3v) is 7.28. The molecule has 2 N–H and O–H groups in total. The maximum absolute atomic E-state index is 12.5. The summed E-state index contributed by atoms with van der Waals surface area (Å²) in [6, 6.07) is 5.31. The molecule has 3 aromatic heterocycles. The first-order valence-electron chi connectivity index (χ1n) is 8.66. The van der Waals surface area contributed by atoms with E-state index in [-0.39, 0.29) is 4.21 Å². The summed E-state index contributed by atoms with van der Waals surface area (Å²) in [5, 5.41) is 9.24. The second-order valence-electron chi connectivity index (χ2n) is 6.78. The SMILES string of the molecule is CC(C)Cc1cc(-c2ccc(Cn3ccnc3Cl)nc2)c(S(=O)(=O)NC(=O)O)s1. The van der Waals surface area contributed by atoms with Crippen LogP contribution in [0.15, 0.2) is 41.0 Å². The van der Waals surface area contributed by atoms with E-state index in [0.717, 1.165) is 21.9 Å². The van der Waals surface area contributed by atoms with E-state index >= 15 is 0 Å². The van der Waals surface area contributed by atoms with Crippen LogP contribution in [0.3, 0.4) is 0 Å². The van der Waals surface area contributed by atoms with Crippen molar-refractivity contribution >= 4 is 39.1 Å². The number of carbonyl (C=O) groups is 1. The Morgan fingerprint density at radius 2 is 2.10 bits per heavy atom. The lowest BCUT2D eigenvalue weighted by molar-refractivity contribution is 0.201. The largest absolute Gasteiger partial charge is 0.464 e. The number of nitrogens with zero attached hydrogens (tertiary/aromatic N) is 3. The van der Waals surface area contributed by atoms with Gasteiger partial charge in [0.1, 0.15) is 4.21 Å². The van der Waals surface area contributed by atoms with Crippen LogP contribution in [-0.4, -0.2) is 34.2 Å². The number of sulfonamides is 1. The Kier molecular flexibility index (Phi) is 6.25. The number of halogens is 1. The highest BCUT2D eigenvalue weighted by Crippen LogP contribution is 2.36. The van der Waals surface area contributed by atoms with Gasteiger partial charge in [0.2, 0.25) is 5.28 Å². The van der Waals surface area contributed by atoms with Gasteiger partial charge in [0, 0.05) is 34.6 Å². The maximum Gasteiger partial charge on any atom is 0.418 e. The summed E-state index contributed by atoms with van der Waals surface area (Å²) in [7, 11) is -4.20. The molecule has 0 saturated carbocycles. The summed E-state index contributed by atoms with van der Waals surface area (Å²) < 4.78 is 28.3. The minimum atomic E-state index is -4.20. The van der Waals surface area contributed by atoms with Crippen LogP contribution < -0.4 is 4.72 Å². The third-order valence-electron chi connectivity index (χ3n) is 3.96. The average Bonchev–Trinajstić information content (AvgIpc) is 3.21. The first kappa shape index (κ1) is 21.3. The van der Waals surface area contributed by atoms with E-state index in [4.69, 9.17) is 16.7 Å². The zero-order valence-corrected chi connectivity index (χ0v) is 18.1. The van der Waals surface area contributed by atoms with Crippen LogP contribution in [0.1, 0.15) is 24.4 Å². The van der Waals surface area contributed by atoms with E-state index in [1.165, 1.54) is 0 Å². The van der Waals surface area contributed by atoms with Crippen molar-refractivity contribution in [3.8, 4) is 11.1 Å². The van der Waals surface area contributed by atoms with E-state index in [1.807, 2.05) is 13.8 Å². The highest BCUT2D eigenvalue weighted by atomic mass is 35.5. The molecule has 0 fully saturated rings. The predicted molar refractivity (Wildman–Crippen MR) is 111 cm³/mol. The van der Waals surface area contributed by atoms with E-state index in [9.17, 15) is 13.2 Å². The molecule has 29 heavy (non-hydrogen) atoms. The van der Waals surface area contributed by atoms with Gasteiger partial charge >= 0.3 is 6.09 Å². The average molecular weight is 455 g/mol. The zero-order chi connectivity index (χ0) is 21.2. The lowest BCUT2D eigenvalue weighted by atomic mass is 10.1. The second kappa shape index (κ2) is 8.52. The van der Waals surface area contributed by atoms with Gasteiger partial charge in [-0.05, 0) is 36.1 Å². The third kappa shape index (κ3) is 5.14. The molecule has 154 valence electrons. The van der Waals surface area contributed by atoms with E-state index in [0.29, 0.717) is 35.3 Å². The fraction of sp³-hybridized carbons (Fsp3) is 0.278. The summed E-state index contributed by atoms with van der Waals surface area (Å²) in [6.45, 7) is 4.48. The molecule has 0 saturated heterocycles. The number of thiophene rings is 1. The lowest BCUT2D eigenvalue weighted by Crippen LogP contribution is -2.28. The minimum Gasteiger partial charge on any atom is -0.464 e. The van der Waals surface area contributed by atoms with Gasteiger partial charge in [-0.25, -0.2) is 22.9 Å². The molecule has 0 spiro atoms. The molecule has 3 heterocycles. The Morgan fingerprint density at radius 1 is 1.34 bits per heavy atom. The molecule has 0 bridgehead atoms. The number of imidazole rings is 1. The van der Waals surface area contributed by atoms with Crippen molar-refractivity contribution in [3.63, 3.8) is 0 Å².